The highest BCUT2D eigenvalue weighted by atomic mass is 16.5. The second-order valence-electron chi connectivity index (χ2n) is 6.44. The van der Waals surface area contributed by atoms with Gasteiger partial charge in [0.05, 0.1) is 12.8 Å². The van der Waals surface area contributed by atoms with Crippen molar-refractivity contribution in [3.05, 3.63) is 59.7 Å². The Morgan fingerprint density at radius 3 is 2.14 bits per heavy atom. The van der Waals surface area contributed by atoms with Crippen LogP contribution in [-0.2, 0) is 5.41 Å². The number of rotatable bonds is 4. The highest BCUT2D eigenvalue weighted by Gasteiger charge is 2.14. The Morgan fingerprint density at radius 1 is 0.952 bits per heavy atom. The van der Waals surface area contributed by atoms with Crippen molar-refractivity contribution in [2.45, 2.75) is 39.2 Å². The summed E-state index contributed by atoms with van der Waals surface area (Å²) in [5.74, 6) is 0.871. The van der Waals surface area contributed by atoms with E-state index in [1.54, 1.807) is 7.11 Å². The fourth-order valence-electron chi connectivity index (χ4n) is 2.35. The second-order valence-corrected chi connectivity index (χ2v) is 6.44. The van der Waals surface area contributed by atoms with Crippen LogP contribution in [0.15, 0.2) is 48.5 Å². The van der Waals surface area contributed by atoms with Gasteiger partial charge >= 0.3 is 0 Å². The number of hydrogen-bond donors (Lipinski definition) is 1. The SMILES string of the molecule is COc1ccccc1NC(C)c1ccc(C(C)(C)C)cc1. The molecule has 0 aliphatic heterocycles. The van der Waals surface area contributed by atoms with Gasteiger partial charge in [0, 0.05) is 6.04 Å². The van der Waals surface area contributed by atoms with E-state index < -0.39 is 0 Å². The van der Waals surface area contributed by atoms with Crippen molar-refractivity contribution in [2.75, 3.05) is 12.4 Å². The van der Waals surface area contributed by atoms with Gasteiger partial charge < -0.3 is 10.1 Å². The quantitative estimate of drug-likeness (QED) is 0.836. The van der Waals surface area contributed by atoms with Crippen molar-refractivity contribution < 1.29 is 4.74 Å². The van der Waals surface area contributed by atoms with Crippen molar-refractivity contribution in [1.82, 2.24) is 0 Å². The Balaban J connectivity index is 2.15. The molecule has 2 aromatic carbocycles. The first-order valence-electron chi connectivity index (χ1n) is 7.42. The zero-order valence-corrected chi connectivity index (χ0v) is 13.6. The molecule has 0 aromatic heterocycles. The Bertz CT molecular complexity index is 581. The molecule has 0 fully saturated rings. The van der Waals surface area contributed by atoms with E-state index in [1.807, 2.05) is 24.3 Å². The van der Waals surface area contributed by atoms with Crippen LogP contribution in [0.1, 0.15) is 44.9 Å². The van der Waals surface area contributed by atoms with E-state index in [0.717, 1.165) is 11.4 Å². The van der Waals surface area contributed by atoms with Gasteiger partial charge in [-0.1, -0.05) is 57.2 Å². The molecule has 0 saturated heterocycles. The van der Waals surface area contributed by atoms with E-state index in [-0.39, 0.29) is 11.5 Å². The molecule has 0 amide bonds. The van der Waals surface area contributed by atoms with Crippen molar-refractivity contribution in [1.29, 1.82) is 0 Å². The van der Waals surface area contributed by atoms with Crippen LogP contribution < -0.4 is 10.1 Å². The third-order valence-corrected chi connectivity index (χ3v) is 3.76. The fraction of sp³-hybridized carbons (Fsp3) is 0.368. The summed E-state index contributed by atoms with van der Waals surface area (Å²) in [5, 5.41) is 3.51. The lowest BCUT2D eigenvalue weighted by molar-refractivity contribution is 0.416. The maximum Gasteiger partial charge on any atom is 0.141 e. The van der Waals surface area contributed by atoms with Crippen LogP contribution in [-0.4, -0.2) is 7.11 Å². The number of anilines is 1. The lowest BCUT2D eigenvalue weighted by atomic mass is 9.86. The van der Waals surface area contributed by atoms with Gasteiger partial charge in [0.2, 0.25) is 0 Å². The van der Waals surface area contributed by atoms with Gasteiger partial charge in [-0.2, -0.15) is 0 Å². The van der Waals surface area contributed by atoms with E-state index in [0.29, 0.717) is 0 Å². The maximum absolute atomic E-state index is 5.38. The van der Waals surface area contributed by atoms with Crippen LogP contribution in [0.5, 0.6) is 5.75 Å². The summed E-state index contributed by atoms with van der Waals surface area (Å²) >= 11 is 0. The number of methoxy groups -OCH3 is 1. The molecular formula is C19H25NO. The molecule has 1 atom stereocenters. The highest BCUT2D eigenvalue weighted by molar-refractivity contribution is 5.57. The summed E-state index contributed by atoms with van der Waals surface area (Å²) in [5.41, 5.74) is 3.84. The smallest absolute Gasteiger partial charge is 0.141 e. The van der Waals surface area contributed by atoms with E-state index in [2.05, 4.69) is 57.3 Å². The molecule has 0 spiro atoms. The monoisotopic (exact) mass is 283 g/mol. The maximum atomic E-state index is 5.38. The molecule has 0 radical (unpaired) electrons. The molecule has 0 heterocycles. The Morgan fingerprint density at radius 2 is 1.57 bits per heavy atom. The van der Waals surface area contributed by atoms with Gasteiger partial charge in [-0.15, -0.1) is 0 Å². The summed E-state index contributed by atoms with van der Waals surface area (Å²) in [7, 11) is 1.70. The lowest BCUT2D eigenvalue weighted by Gasteiger charge is -2.21. The van der Waals surface area contributed by atoms with Gasteiger partial charge in [-0.05, 0) is 35.6 Å². The number of hydrogen-bond acceptors (Lipinski definition) is 2. The minimum atomic E-state index is 0.192. The lowest BCUT2D eigenvalue weighted by Crippen LogP contribution is -2.12. The van der Waals surface area contributed by atoms with E-state index >= 15 is 0 Å². The molecule has 0 bridgehead atoms. The zero-order valence-electron chi connectivity index (χ0n) is 13.6. The molecule has 21 heavy (non-hydrogen) atoms. The Hall–Kier alpha value is -1.96. The van der Waals surface area contributed by atoms with Crippen LogP contribution in [0.4, 0.5) is 5.69 Å². The number of benzene rings is 2. The third kappa shape index (κ3) is 3.78. The molecule has 0 aliphatic rings. The van der Waals surface area contributed by atoms with E-state index in [9.17, 15) is 0 Å². The number of para-hydroxylation sites is 2. The average molecular weight is 283 g/mol. The average Bonchev–Trinajstić information content (AvgIpc) is 2.47. The van der Waals surface area contributed by atoms with E-state index in [4.69, 9.17) is 4.74 Å². The molecule has 2 nitrogen and oxygen atoms in total. The van der Waals surface area contributed by atoms with Crippen molar-refractivity contribution in [3.8, 4) is 5.75 Å². The van der Waals surface area contributed by atoms with Gasteiger partial charge in [-0.25, -0.2) is 0 Å². The van der Waals surface area contributed by atoms with Crippen LogP contribution >= 0.6 is 0 Å². The third-order valence-electron chi connectivity index (χ3n) is 3.76. The van der Waals surface area contributed by atoms with Crippen LogP contribution in [0.2, 0.25) is 0 Å². The van der Waals surface area contributed by atoms with Crippen molar-refractivity contribution >= 4 is 5.69 Å². The van der Waals surface area contributed by atoms with Crippen LogP contribution in [0.25, 0.3) is 0 Å². The van der Waals surface area contributed by atoms with Crippen molar-refractivity contribution in [2.24, 2.45) is 0 Å². The zero-order chi connectivity index (χ0) is 15.5. The number of nitrogens with one attached hydrogen (secondary N) is 1. The first kappa shape index (κ1) is 15.4. The summed E-state index contributed by atoms with van der Waals surface area (Å²) in [4.78, 5) is 0. The summed E-state index contributed by atoms with van der Waals surface area (Å²) in [6.07, 6.45) is 0. The standard InChI is InChI=1S/C19H25NO/c1-14(20-17-8-6-7-9-18(17)21-5)15-10-12-16(13-11-15)19(2,3)4/h6-14,20H,1-5H3. The van der Waals surface area contributed by atoms with Gasteiger partial charge in [0.1, 0.15) is 5.75 Å². The first-order chi connectivity index (χ1) is 9.91. The summed E-state index contributed by atoms with van der Waals surface area (Å²) in [6.45, 7) is 8.87. The molecule has 2 aromatic rings. The number of ether oxygens (including phenoxy) is 1. The largest absolute Gasteiger partial charge is 0.495 e. The summed E-state index contributed by atoms with van der Waals surface area (Å²) in [6, 6.07) is 17.1. The molecule has 1 N–H and O–H groups in total. The molecule has 112 valence electrons. The minimum absolute atomic E-state index is 0.192. The van der Waals surface area contributed by atoms with E-state index in [1.165, 1.54) is 11.1 Å². The molecule has 0 saturated carbocycles. The topological polar surface area (TPSA) is 21.3 Å². The fourth-order valence-corrected chi connectivity index (χ4v) is 2.35. The molecule has 2 rings (SSSR count). The predicted molar refractivity (Wildman–Crippen MR) is 90.2 cm³/mol. The Kier molecular flexibility index (Phi) is 4.56. The normalized spacial score (nSPS) is 12.8. The molecule has 0 aliphatic carbocycles. The van der Waals surface area contributed by atoms with Crippen molar-refractivity contribution in [3.63, 3.8) is 0 Å². The minimum Gasteiger partial charge on any atom is -0.495 e. The Labute approximate surface area is 128 Å². The second kappa shape index (κ2) is 6.21. The predicted octanol–water partition coefficient (Wildman–Crippen LogP) is 5.17. The first-order valence-corrected chi connectivity index (χ1v) is 7.42. The molecular weight excluding hydrogens is 258 g/mol. The van der Waals surface area contributed by atoms with Gasteiger partial charge in [0.25, 0.3) is 0 Å². The van der Waals surface area contributed by atoms with Crippen LogP contribution in [0.3, 0.4) is 0 Å². The van der Waals surface area contributed by atoms with Gasteiger partial charge in [0.15, 0.2) is 0 Å². The van der Waals surface area contributed by atoms with Gasteiger partial charge in [-0.3, -0.25) is 0 Å². The highest BCUT2D eigenvalue weighted by Crippen LogP contribution is 2.29. The summed E-state index contributed by atoms with van der Waals surface area (Å²) < 4.78 is 5.38. The molecule has 2 heteroatoms. The molecule has 1 unspecified atom stereocenters. The van der Waals surface area contributed by atoms with Crippen LogP contribution in [0, 0.1) is 0 Å².